The molecule has 3 nitrogen and oxygen atoms in total. The molecule has 1 rings (SSSR count). The van der Waals surface area contributed by atoms with Crippen molar-refractivity contribution < 1.29 is 4.79 Å². The summed E-state index contributed by atoms with van der Waals surface area (Å²) in [6.07, 6.45) is 0. The first-order valence-electron chi connectivity index (χ1n) is 4.55. The lowest BCUT2D eigenvalue weighted by Crippen LogP contribution is -1.89. The van der Waals surface area contributed by atoms with Crippen molar-refractivity contribution in [3.8, 4) is 17.9 Å². The van der Waals surface area contributed by atoms with Gasteiger partial charge >= 0.3 is 0 Å². The van der Waals surface area contributed by atoms with Crippen LogP contribution >= 0.6 is 11.8 Å². The van der Waals surface area contributed by atoms with Crippen molar-refractivity contribution in [3.63, 3.8) is 0 Å². The van der Waals surface area contributed by atoms with Crippen molar-refractivity contribution in [3.05, 3.63) is 29.3 Å². The summed E-state index contributed by atoms with van der Waals surface area (Å²) < 4.78 is 0. The lowest BCUT2D eigenvalue weighted by atomic mass is 10.1. The zero-order chi connectivity index (χ0) is 12.0. The highest BCUT2D eigenvalue weighted by atomic mass is 32.2. The third kappa shape index (κ3) is 3.68. The van der Waals surface area contributed by atoms with E-state index in [1.165, 1.54) is 6.92 Å². The normalized spacial score (nSPS) is 8.75. The standard InChI is InChI=1S/C12H10N2OS/c1-9(15)16-6-2-3-10-4-5-12(14)7-11(10)8-13/h4-5,7H,6,14H2,1H3. The second kappa shape index (κ2) is 5.85. The van der Waals surface area contributed by atoms with Crippen molar-refractivity contribution in [1.82, 2.24) is 0 Å². The van der Waals surface area contributed by atoms with Crippen molar-refractivity contribution in [2.24, 2.45) is 0 Å². The third-order valence-corrected chi connectivity index (χ3v) is 2.43. The minimum atomic E-state index is 0.0344. The summed E-state index contributed by atoms with van der Waals surface area (Å²) in [4.78, 5) is 10.6. The molecule has 0 radical (unpaired) electrons. The maximum absolute atomic E-state index is 10.6. The maximum atomic E-state index is 10.6. The van der Waals surface area contributed by atoms with E-state index in [4.69, 9.17) is 11.0 Å². The van der Waals surface area contributed by atoms with Crippen LogP contribution in [0.5, 0.6) is 0 Å². The number of hydrogen-bond acceptors (Lipinski definition) is 4. The molecule has 0 atom stereocenters. The highest BCUT2D eigenvalue weighted by Crippen LogP contribution is 2.11. The van der Waals surface area contributed by atoms with E-state index in [9.17, 15) is 4.79 Å². The van der Waals surface area contributed by atoms with Crippen LogP contribution in [0.15, 0.2) is 18.2 Å². The summed E-state index contributed by atoms with van der Waals surface area (Å²) in [6.45, 7) is 1.50. The molecule has 0 aliphatic heterocycles. The van der Waals surface area contributed by atoms with Crippen LogP contribution in [0.3, 0.4) is 0 Å². The number of nitrogens with zero attached hydrogens (tertiary/aromatic N) is 1. The second-order valence-electron chi connectivity index (χ2n) is 3.00. The monoisotopic (exact) mass is 230 g/mol. The number of carbonyl (C=O) groups excluding carboxylic acids is 1. The molecule has 0 aliphatic rings. The van der Waals surface area contributed by atoms with E-state index < -0.39 is 0 Å². The van der Waals surface area contributed by atoms with Gasteiger partial charge in [0.1, 0.15) is 6.07 Å². The van der Waals surface area contributed by atoms with Gasteiger partial charge in [0.05, 0.1) is 11.3 Å². The Hall–Kier alpha value is -1.91. The number of nitriles is 1. The number of nitrogens with two attached hydrogens (primary N) is 1. The van der Waals surface area contributed by atoms with Crippen LogP contribution in [-0.2, 0) is 4.79 Å². The molecular formula is C12H10N2OS. The fourth-order valence-electron chi connectivity index (χ4n) is 1.03. The molecule has 16 heavy (non-hydrogen) atoms. The molecule has 4 heteroatoms. The lowest BCUT2D eigenvalue weighted by Gasteiger charge is -1.96. The maximum Gasteiger partial charge on any atom is 0.186 e. The molecule has 0 bridgehead atoms. The van der Waals surface area contributed by atoms with E-state index in [2.05, 4.69) is 11.8 Å². The van der Waals surface area contributed by atoms with E-state index in [1.807, 2.05) is 6.07 Å². The van der Waals surface area contributed by atoms with Crippen LogP contribution in [0.4, 0.5) is 5.69 Å². The average molecular weight is 230 g/mol. The molecule has 0 unspecified atom stereocenters. The molecule has 0 amide bonds. The van der Waals surface area contributed by atoms with Crippen molar-refractivity contribution >= 4 is 22.6 Å². The van der Waals surface area contributed by atoms with Gasteiger partial charge in [-0.3, -0.25) is 4.79 Å². The second-order valence-corrected chi connectivity index (χ2v) is 4.15. The van der Waals surface area contributed by atoms with Gasteiger partial charge in [-0.1, -0.05) is 23.6 Å². The summed E-state index contributed by atoms with van der Waals surface area (Å²) >= 11 is 1.15. The molecule has 0 saturated carbocycles. The Morgan fingerprint density at radius 3 is 2.88 bits per heavy atom. The smallest absolute Gasteiger partial charge is 0.186 e. The molecule has 0 aliphatic carbocycles. The van der Waals surface area contributed by atoms with Crippen LogP contribution in [0.1, 0.15) is 18.1 Å². The first-order valence-corrected chi connectivity index (χ1v) is 5.54. The Morgan fingerprint density at radius 2 is 2.25 bits per heavy atom. The first kappa shape index (κ1) is 12.2. The van der Waals surface area contributed by atoms with Gasteiger partial charge in [-0.2, -0.15) is 5.26 Å². The molecule has 0 saturated heterocycles. The van der Waals surface area contributed by atoms with Gasteiger partial charge in [-0.05, 0) is 18.2 Å². The summed E-state index contributed by atoms with van der Waals surface area (Å²) in [5, 5.41) is 8.89. The molecule has 0 aromatic heterocycles. The highest BCUT2D eigenvalue weighted by Gasteiger charge is 1.98. The molecular weight excluding hydrogens is 220 g/mol. The fraction of sp³-hybridized carbons (Fsp3) is 0.167. The van der Waals surface area contributed by atoms with Crippen LogP contribution in [0, 0.1) is 23.2 Å². The lowest BCUT2D eigenvalue weighted by molar-refractivity contribution is -0.109. The highest BCUT2D eigenvalue weighted by molar-refractivity contribution is 8.13. The van der Waals surface area contributed by atoms with Gasteiger partial charge in [0.15, 0.2) is 5.12 Å². The summed E-state index contributed by atoms with van der Waals surface area (Å²) in [6, 6.07) is 7.02. The molecule has 2 N–H and O–H groups in total. The Bertz CT molecular complexity index is 506. The van der Waals surface area contributed by atoms with Gasteiger partial charge in [-0.25, -0.2) is 0 Å². The first-order chi connectivity index (χ1) is 7.63. The zero-order valence-corrected chi connectivity index (χ0v) is 9.60. The number of anilines is 1. The van der Waals surface area contributed by atoms with Crippen LogP contribution in [0.25, 0.3) is 0 Å². The van der Waals surface area contributed by atoms with E-state index >= 15 is 0 Å². The van der Waals surface area contributed by atoms with Crippen molar-refractivity contribution in [1.29, 1.82) is 5.26 Å². The number of thioether (sulfide) groups is 1. The topological polar surface area (TPSA) is 66.9 Å². The van der Waals surface area contributed by atoms with Crippen LogP contribution in [-0.4, -0.2) is 10.9 Å². The summed E-state index contributed by atoms with van der Waals surface area (Å²) in [5.41, 5.74) is 7.19. The van der Waals surface area contributed by atoms with Crippen molar-refractivity contribution in [2.75, 3.05) is 11.5 Å². The van der Waals surface area contributed by atoms with Gasteiger partial charge in [-0.15, -0.1) is 0 Å². The summed E-state index contributed by atoms with van der Waals surface area (Å²) in [5.74, 6) is 6.11. The van der Waals surface area contributed by atoms with E-state index in [0.29, 0.717) is 22.6 Å². The molecule has 0 spiro atoms. The molecule has 0 fully saturated rings. The quantitative estimate of drug-likeness (QED) is 0.589. The van der Waals surface area contributed by atoms with Gasteiger partial charge in [0.2, 0.25) is 0 Å². The van der Waals surface area contributed by atoms with Gasteiger partial charge in [0.25, 0.3) is 0 Å². The average Bonchev–Trinajstić information content (AvgIpc) is 2.25. The predicted molar refractivity (Wildman–Crippen MR) is 65.6 cm³/mol. The largest absolute Gasteiger partial charge is 0.399 e. The number of carbonyl (C=O) groups is 1. The van der Waals surface area contributed by atoms with E-state index in [-0.39, 0.29) is 5.12 Å². The van der Waals surface area contributed by atoms with Gasteiger partial charge < -0.3 is 5.73 Å². The van der Waals surface area contributed by atoms with Crippen LogP contribution < -0.4 is 5.73 Å². The van der Waals surface area contributed by atoms with Crippen LogP contribution in [0.2, 0.25) is 0 Å². The summed E-state index contributed by atoms with van der Waals surface area (Å²) in [7, 11) is 0. The Balaban J connectivity index is 2.81. The van der Waals surface area contributed by atoms with Crippen molar-refractivity contribution in [2.45, 2.75) is 6.92 Å². The Labute approximate surface area is 98.6 Å². The zero-order valence-electron chi connectivity index (χ0n) is 8.78. The minimum absolute atomic E-state index is 0.0344. The number of rotatable bonds is 1. The number of nitrogen functional groups attached to an aromatic ring is 1. The molecule has 80 valence electrons. The fourth-order valence-corrected chi connectivity index (χ4v) is 1.38. The minimum Gasteiger partial charge on any atom is -0.399 e. The van der Waals surface area contributed by atoms with E-state index in [0.717, 1.165) is 11.8 Å². The number of benzene rings is 1. The third-order valence-electron chi connectivity index (χ3n) is 1.73. The molecule has 1 aromatic rings. The van der Waals surface area contributed by atoms with Gasteiger partial charge in [0, 0.05) is 18.2 Å². The SMILES string of the molecule is CC(=O)SCC#Cc1ccc(N)cc1C#N. The molecule has 0 heterocycles. The predicted octanol–water partition coefficient (Wildman–Crippen LogP) is 1.77. The Kier molecular flexibility index (Phi) is 4.44. The van der Waals surface area contributed by atoms with E-state index in [1.54, 1.807) is 18.2 Å². The Morgan fingerprint density at radius 1 is 1.50 bits per heavy atom. The molecule has 1 aromatic carbocycles. The number of hydrogen-bond donors (Lipinski definition) is 1.